The predicted molar refractivity (Wildman–Crippen MR) is 144 cm³/mol. The van der Waals surface area contributed by atoms with Crippen LogP contribution in [0.5, 0.6) is 0 Å². The summed E-state index contributed by atoms with van der Waals surface area (Å²) in [6.45, 7) is 6.34. The van der Waals surface area contributed by atoms with Crippen molar-refractivity contribution in [2.75, 3.05) is 0 Å². The Morgan fingerprint density at radius 3 is 2.17 bits per heavy atom. The fourth-order valence-corrected chi connectivity index (χ4v) is 4.13. The summed E-state index contributed by atoms with van der Waals surface area (Å²) in [4.78, 5) is 28.9. The van der Waals surface area contributed by atoms with E-state index in [0.29, 0.717) is 23.0 Å². The normalized spacial score (nSPS) is 12.6. The van der Waals surface area contributed by atoms with Gasteiger partial charge in [-0.25, -0.2) is 0 Å². The van der Waals surface area contributed by atoms with Crippen molar-refractivity contribution in [1.29, 1.82) is 0 Å². The predicted octanol–water partition coefficient (Wildman–Crippen LogP) is 6.40. The van der Waals surface area contributed by atoms with Crippen LogP contribution in [0.1, 0.15) is 42.5 Å². The van der Waals surface area contributed by atoms with Crippen LogP contribution >= 0.6 is 23.2 Å². The lowest BCUT2D eigenvalue weighted by Crippen LogP contribution is -2.52. The molecule has 0 saturated carbocycles. The zero-order valence-corrected chi connectivity index (χ0v) is 21.9. The number of benzene rings is 3. The quantitative estimate of drug-likeness (QED) is 0.343. The molecule has 3 aromatic carbocycles. The van der Waals surface area contributed by atoms with Crippen LogP contribution in [-0.4, -0.2) is 28.8 Å². The van der Waals surface area contributed by atoms with Gasteiger partial charge in [0.15, 0.2) is 0 Å². The molecule has 0 unspecified atom stereocenters. The first-order chi connectivity index (χ1) is 16.8. The van der Waals surface area contributed by atoms with E-state index in [4.69, 9.17) is 23.2 Å². The molecule has 6 heteroatoms. The summed E-state index contributed by atoms with van der Waals surface area (Å²) in [5.41, 5.74) is 3.84. The molecule has 0 heterocycles. The van der Waals surface area contributed by atoms with E-state index < -0.39 is 6.04 Å². The second kappa shape index (κ2) is 12.8. The summed E-state index contributed by atoms with van der Waals surface area (Å²) in [6, 6.07) is 22.4. The zero-order valence-electron chi connectivity index (χ0n) is 20.4. The largest absolute Gasteiger partial charge is 0.352 e. The molecule has 0 spiro atoms. The average molecular weight is 511 g/mol. The number of amides is 2. The van der Waals surface area contributed by atoms with Gasteiger partial charge in [-0.15, -0.1) is 0 Å². The first-order valence-corrected chi connectivity index (χ1v) is 12.7. The van der Waals surface area contributed by atoms with E-state index in [9.17, 15) is 9.59 Å². The standard InChI is InChI=1S/C29H32Cl2N2O2/c1-4-21(3)32-29(35)27(17-22-8-6-5-7-9-22)33(19-23-12-10-20(2)11-13-23)28(34)18-24-14-15-25(30)26(31)16-24/h5-16,21,27H,4,17-19H2,1-3H3,(H,32,35)/t21-,27+/m1/s1. The molecule has 2 atom stereocenters. The van der Waals surface area contributed by atoms with Crippen molar-refractivity contribution in [3.05, 3.63) is 105 Å². The van der Waals surface area contributed by atoms with Gasteiger partial charge in [0.1, 0.15) is 6.04 Å². The third kappa shape index (κ3) is 7.84. The third-order valence-corrected chi connectivity index (χ3v) is 6.82. The number of carbonyl (C=O) groups is 2. The number of hydrogen-bond donors (Lipinski definition) is 1. The number of nitrogens with one attached hydrogen (secondary N) is 1. The highest BCUT2D eigenvalue weighted by Crippen LogP contribution is 2.24. The molecule has 0 saturated heterocycles. The molecule has 184 valence electrons. The van der Waals surface area contributed by atoms with Crippen LogP contribution in [0.3, 0.4) is 0 Å². The van der Waals surface area contributed by atoms with Crippen LogP contribution in [0.15, 0.2) is 72.8 Å². The maximum absolute atomic E-state index is 13.7. The SMILES string of the molecule is CC[C@@H](C)NC(=O)[C@H](Cc1ccccc1)N(Cc1ccc(C)cc1)C(=O)Cc1ccc(Cl)c(Cl)c1. The Labute approximate surface area is 218 Å². The van der Waals surface area contributed by atoms with Gasteiger partial charge in [-0.1, -0.05) is 96.4 Å². The number of carbonyl (C=O) groups excluding carboxylic acids is 2. The van der Waals surface area contributed by atoms with E-state index in [-0.39, 0.29) is 24.3 Å². The summed E-state index contributed by atoms with van der Waals surface area (Å²) in [7, 11) is 0. The van der Waals surface area contributed by atoms with E-state index in [1.165, 1.54) is 0 Å². The molecule has 0 aromatic heterocycles. The van der Waals surface area contributed by atoms with Gasteiger partial charge in [0.2, 0.25) is 11.8 Å². The van der Waals surface area contributed by atoms with E-state index in [1.807, 2.05) is 75.4 Å². The molecule has 1 N–H and O–H groups in total. The van der Waals surface area contributed by atoms with E-state index >= 15 is 0 Å². The summed E-state index contributed by atoms with van der Waals surface area (Å²) in [6.07, 6.45) is 1.34. The van der Waals surface area contributed by atoms with Gasteiger partial charge in [-0.05, 0) is 49.1 Å². The molecule has 0 aliphatic heterocycles. The van der Waals surface area contributed by atoms with Crippen LogP contribution in [0.2, 0.25) is 10.0 Å². The molecular weight excluding hydrogens is 479 g/mol. The molecule has 4 nitrogen and oxygen atoms in total. The van der Waals surface area contributed by atoms with Gasteiger partial charge in [0.25, 0.3) is 0 Å². The third-order valence-electron chi connectivity index (χ3n) is 6.09. The highest BCUT2D eigenvalue weighted by atomic mass is 35.5. The molecule has 35 heavy (non-hydrogen) atoms. The minimum absolute atomic E-state index is 0.00664. The first-order valence-electron chi connectivity index (χ1n) is 11.9. The van der Waals surface area contributed by atoms with Gasteiger partial charge in [-0.2, -0.15) is 0 Å². The Morgan fingerprint density at radius 1 is 0.886 bits per heavy atom. The van der Waals surface area contributed by atoms with Gasteiger partial charge in [0.05, 0.1) is 16.5 Å². The van der Waals surface area contributed by atoms with Gasteiger partial charge >= 0.3 is 0 Å². The van der Waals surface area contributed by atoms with E-state index in [0.717, 1.165) is 28.7 Å². The summed E-state index contributed by atoms with van der Waals surface area (Å²) < 4.78 is 0. The van der Waals surface area contributed by atoms with Gasteiger partial charge < -0.3 is 10.2 Å². The maximum Gasteiger partial charge on any atom is 0.243 e. The Hall–Kier alpha value is -2.82. The van der Waals surface area contributed by atoms with Crippen molar-refractivity contribution >= 4 is 35.0 Å². The van der Waals surface area contributed by atoms with E-state index in [2.05, 4.69) is 5.32 Å². The lowest BCUT2D eigenvalue weighted by Gasteiger charge is -2.32. The molecule has 0 aliphatic rings. The van der Waals surface area contributed by atoms with Gasteiger partial charge in [0, 0.05) is 19.0 Å². The molecule has 2 amide bonds. The van der Waals surface area contributed by atoms with Crippen molar-refractivity contribution in [1.82, 2.24) is 10.2 Å². The van der Waals surface area contributed by atoms with Crippen molar-refractivity contribution in [3.63, 3.8) is 0 Å². The Balaban J connectivity index is 1.97. The summed E-state index contributed by atoms with van der Waals surface area (Å²) >= 11 is 12.3. The van der Waals surface area contributed by atoms with Crippen LogP contribution in [0.4, 0.5) is 0 Å². The fourth-order valence-electron chi connectivity index (χ4n) is 3.81. The Kier molecular flexibility index (Phi) is 9.76. The van der Waals surface area contributed by atoms with Crippen LogP contribution < -0.4 is 5.32 Å². The lowest BCUT2D eigenvalue weighted by molar-refractivity contribution is -0.141. The van der Waals surface area contributed by atoms with Crippen LogP contribution in [-0.2, 0) is 29.0 Å². The molecule has 0 bridgehead atoms. The molecule has 0 fully saturated rings. The number of halogens is 2. The Bertz CT molecular complexity index is 1130. The van der Waals surface area contributed by atoms with Crippen molar-refractivity contribution in [3.8, 4) is 0 Å². The van der Waals surface area contributed by atoms with Crippen LogP contribution in [0, 0.1) is 6.92 Å². The minimum Gasteiger partial charge on any atom is -0.352 e. The fraction of sp³-hybridized carbons (Fsp3) is 0.310. The number of rotatable bonds is 10. The van der Waals surface area contributed by atoms with Gasteiger partial charge in [-0.3, -0.25) is 9.59 Å². The smallest absolute Gasteiger partial charge is 0.243 e. The Morgan fingerprint density at radius 2 is 1.54 bits per heavy atom. The second-order valence-electron chi connectivity index (χ2n) is 8.96. The van der Waals surface area contributed by atoms with Crippen molar-refractivity contribution in [2.45, 2.75) is 58.7 Å². The monoisotopic (exact) mass is 510 g/mol. The van der Waals surface area contributed by atoms with E-state index in [1.54, 1.807) is 23.1 Å². The molecule has 0 aliphatic carbocycles. The summed E-state index contributed by atoms with van der Waals surface area (Å²) in [5.74, 6) is -0.304. The zero-order chi connectivity index (χ0) is 25.4. The molecular formula is C29H32Cl2N2O2. The highest BCUT2D eigenvalue weighted by Gasteiger charge is 2.31. The highest BCUT2D eigenvalue weighted by molar-refractivity contribution is 6.42. The van der Waals surface area contributed by atoms with Crippen LogP contribution in [0.25, 0.3) is 0 Å². The topological polar surface area (TPSA) is 49.4 Å². The average Bonchev–Trinajstić information content (AvgIpc) is 2.85. The number of aryl methyl sites for hydroxylation is 1. The minimum atomic E-state index is -0.664. The number of hydrogen-bond acceptors (Lipinski definition) is 2. The number of nitrogens with zero attached hydrogens (tertiary/aromatic N) is 1. The molecule has 3 rings (SSSR count). The summed E-state index contributed by atoms with van der Waals surface area (Å²) in [5, 5.41) is 3.93. The molecule has 0 radical (unpaired) electrons. The maximum atomic E-state index is 13.7. The lowest BCUT2D eigenvalue weighted by atomic mass is 10.0. The van der Waals surface area contributed by atoms with Crippen molar-refractivity contribution < 1.29 is 9.59 Å². The molecule has 3 aromatic rings. The second-order valence-corrected chi connectivity index (χ2v) is 9.77. The van der Waals surface area contributed by atoms with Crippen molar-refractivity contribution in [2.24, 2.45) is 0 Å². The first kappa shape index (κ1) is 26.8.